The maximum absolute atomic E-state index is 13.2. The Bertz CT molecular complexity index is 1160. The van der Waals surface area contributed by atoms with Crippen molar-refractivity contribution in [2.75, 3.05) is 0 Å². The van der Waals surface area contributed by atoms with E-state index in [0.717, 1.165) is 29.7 Å². The van der Waals surface area contributed by atoms with E-state index in [2.05, 4.69) is 10.4 Å². The van der Waals surface area contributed by atoms with Crippen molar-refractivity contribution < 1.29 is 19.8 Å². The molecule has 0 bridgehead atoms. The van der Waals surface area contributed by atoms with Crippen molar-refractivity contribution in [3.05, 3.63) is 83.1 Å². The SMILES string of the molecule is CC(c1cccc(Cl)c1)N(C(=O)[C@H](O)[C@@H](O)C(=O)N[C@H](C)c1ccc(-n2cccn2)cc1)C1CC1. The fraction of sp³-hybridized carbons (Fsp3) is 0.346. The zero-order valence-electron chi connectivity index (χ0n) is 19.6. The van der Waals surface area contributed by atoms with E-state index in [9.17, 15) is 19.8 Å². The molecule has 0 saturated heterocycles. The Balaban J connectivity index is 1.40. The van der Waals surface area contributed by atoms with Gasteiger partial charge < -0.3 is 20.4 Å². The van der Waals surface area contributed by atoms with E-state index in [1.165, 1.54) is 0 Å². The summed E-state index contributed by atoms with van der Waals surface area (Å²) in [6.45, 7) is 3.61. The molecular formula is C26H29ClN4O4. The summed E-state index contributed by atoms with van der Waals surface area (Å²) in [6, 6.07) is 15.5. The highest BCUT2D eigenvalue weighted by atomic mass is 35.5. The summed E-state index contributed by atoms with van der Waals surface area (Å²) >= 11 is 6.11. The van der Waals surface area contributed by atoms with Gasteiger partial charge in [0, 0.05) is 23.5 Å². The normalized spacial score (nSPS) is 16.7. The zero-order valence-corrected chi connectivity index (χ0v) is 20.3. The van der Waals surface area contributed by atoms with Crippen molar-refractivity contribution in [3.63, 3.8) is 0 Å². The van der Waals surface area contributed by atoms with Crippen LogP contribution in [0.5, 0.6) is 0 Å². The lowest BCUT2D eigenvalue weighted by atomic mass is 10.0. The molecule has 1 fully saturated rings. The number of nitrogens with one attached hydrogen (secondary N) is 1. The summed E-state index contributed by atoms with van der Waals surface area (Å²) < 4.78 is 1.72. The Morgan fingerprint density at radius 2 is 1.77 bits per heavy atom. The minimum Gasteiger partial charge on any atom is -0.380 e. The second kappa shape index (κ2) is 10.6. The summed E-state index contributed by atoms with van der Waals surface area (Å²) in [7, 11) is 0. The lowest BCUT2D eigenvalue weighted by Gasteiger charge is -2.32. The molecule has 4 rings (SSSR count). The van der Waals surface area contributed by atoms with Gasteiger partial charge in [0.1, 0.15) is 0 Å². The average molecular weight is 497 g/mol. The number of carbonyl (C=O) groups excluding carboxylic acids is 2. The van der Waals surface area contributed by atoms with Gasteiger partial charge in [-0.05, 0) is 68.1 Å². The van der Waals surface area contributed by atoms with Crippen LogP contribution in [0.1, 0.15) is 49.9 Å². The fourth-order valence-electron chi connectivity index (χ4n) is 4.12. The van der Waals surface area contributed by atoms with Gasteiger partial charge in [0.25, 0.3) is 11.8 Å². The van der Waals surface area contributed by atoms with Gasteiger partial charge in [-0.3, -0.25) is 9.59 Å². The number of hydrogen-bond acceptors (Lipinski definition) is 5. The van der Waals surface area contributed by atoms with E-state index in [1.54, 1.807) is 40.9 Å². The van der Waals surface area contributed by atoms with Crippen LogP contribution in [-0.2, 0) is 9.59 Å². The summed E-state index contributed by atoms with van der Waals surface area (Å²) in [5, 5.41) is 28.6. The highest BCUT2D eigenvalue weighted by Crippen LogP contribution is 2.35. The first kappa shape index (κ1) is 24.9. The Morgan fingerprint density at radius 1 is 1.06 bits per heavy atom. The third kappa shape index (κ3) is 5.73. The largest absolute Gasteiger partial charge is 0.380 e. The van der Waals surface area contributed by atoms with Crippen molar-refractivity contribution in [3.8, 4) is 5.69 Å². The molecule has 1 aliphatic carbocycles. The molecule has 0 radical (unpaired) electrons. The Labute approximate surface area is 209 Å². The van der Waals surface area contributed by atoms with Gasteiger partial charge in [-0.2, -0.15) is 5.10 Å². The van der Waals surface area contributed by atoms with Crippen molar-refractivity contribution in [2.24, 2.45) is 0 Å². The van der Waals surface area contributed by atoms with Crippen LogP contribution in [-0.4, -0.2) is 55.0 Å². The number of carbonyl (C=O) groups is 2. The van der Waals surface area contributed by atoms with E-state index in [0.29, 0.717) is 5.02 Å². The van der Waals surface area contributed by atoms with Crippen LogP contribution in [0.2, 0.25) is 5.02 Å². The molecule has 1 aromatic heterocycles. The number of benzene rings is 2. The summed E-state index contributed by atoms with van der Waals surface area (Å²) in [5.74, 6) is -1.50. The molecule has 0 aliphatic heterocycles. The first-order chi connectivity index (χ1) is 16.8. The molecule has 3 aromatic rings. The minimum atomic E-state index is -1.90. The van der Waals surface area contributed by atoms with Crippen LogP contribution in [0.25, 0.3) is 5.69 Å². The first-order valence-corrected chi connectivity index (χ1v) is 12.0. The van der Waals surface area contributed by atoms with Crippen molar-refractivity contribution in [1.29, 1.82) is 0 Å². The number of hydrogen-bond donors (Lipinski definition) is 3. The number of aliphatic hydroxyl groups is 2. The number of amides is 2. The van der Waals surface area contributed by atoms with Crippen LogP contribution in [0.15, 0.2) is 67.0 Å². The number of rotatable bonds is 9. The number of halogens is 1. The maximum atomic E-state index is 13.2. The van der Waals surface area contributed by atoms with Gasteiger partial charge in [-0.1, -0.05) is 35.9 Å². The third-order valence-electron chi connectivity index (χ3n) is 6.28. The molecule has 35 heavy (non-hydrogen) atoms. The zero-order chi connectivity index (χ0) is 25.1. The van der Waals surface area contributed by atoms with Crippen LogP contribution >= 0.6 is 11.6 Å². The van der Waals surface area contributed by atoms with Crippen LogP contribution < -0.4 is 5.32 Å². The summed E-state index contributed by atoms with van der Waals surface area (Å²) in [4.78, 5) is 27.4. The number of nitrogens with zero attached hydrogens (tertiary/aromatic N) is 3. The number of aromatic nitrogens is 2. The van der Waals surface area contributed by atoms with Crippen molar-refractivity contribution in [2.45, 2.75) is 57.0 Å². The molecule has 0 spiro atoms. The van der Waals surface area contributed by atoms with Gasteiger partial charge in [-0.15, -0.1) is 0 Å². The smallest absolute Gasteiger partial charge is 0.255 e. The molecular weight excluding hydrogens is 468 g/mol. The topological polar surface area (TPSA) is 108 Å². The third-order valence-corrected chi connectivity index (χ3v) is 6.52. The Kier molecular flexibility index (Phi) is 7.54. The fourth-order valence-corrected chi connectivity index (χ4v) is 4.32. The van der Waals surface area contributed by atoms with Gasteiger partial charge in [0.15, 0.2) is 12.2 Å². The lowest BCUT2D eigenvalue weighted by molar-refractivity contribution is -0.155. The van der Waals surface area contributed by atoms with E-state index < -0.39 is 30.1 Å². The molecule has 1 aliphatic rings. The van der Waals surface area contributed by atoms with Crippen molar-refractivity contribution >= 4 is 23.4 Å². The van der Waals surface area contributed by atoms with Crippen LogP contribution in [0.3, 0.4) is 0 Å². The Morgan fingerprint density at radius 3 is 2.37 bits per heavy atom. The Hall–Kier alpha value is -3.20. The predicted molar refractivity (Wildman–Crippen MR) is 132 cm³/mol. The van der Waals surface area contributed by atoms with Crippen molar-refractivity contribution in [1.82, 2.24) is 20.0 Å². The second-order valence-electron chi connectivity index (χ2n) is 8.87. The molecule has 2 amide bonds. The second-order valence-corrected chi connectivity index (χ2v) is 9.31. The molecule has 8 nitrogen and oxygen atoms in total. The van der Waals surface area contributed by atoms with E-state index >= 15 is 0 Å². The van der Waals surface area contributed by atoms with Crippen LogP contribution in [0, 0.1) is 0 Å². The monoisotopic (exact) mass is 496 g/mol. The van der Waals surface area contributed by atoms with Gasteiger partial charge in [-0.25, -0.2) is 4.68 Å². The highest BCUT2D eigenvalue weighted by Gasteiger charge is 2.42. The highest BCUT2D eigenvalue weighted by molar-refractivity contribution is 6.30. The standard InChI is InChI=1S/C26H29ClN4O4/c1-16(18-7-9-21(10-8-18)30-14-4-13-28-30)29-25(34)23(32)24(33)26(35)31(22-11-12-22)17(2)19-5-3-6-20(27)15-19/h3-10,13-17,22-24,32-33H,11-12H2,1-2H3,(H,29,34)/t16-,17?,23-,24-/m1/s1. The quantitative estimate of drug-likeness (QED) is 0.421. The van der Waals surface area contributed by atoms with Crippen LogP contribution in [0.4, 0.5) is 0 Å². The molecule has 2 aromatic carbocycles. The minimum absolute atomic E-state index is 0.0476. The molecule has 4 atom stereocenters. The van der Waals surface area contributed by atoms with E-state index in [-0.39, 0.29) is 12.1 Å². The first-order valence-electron chi connectivity index (χ1n) is 11.6. The van der Waals surface area contributed by atoms with Gasteiger partial charge >= 0.3 is 0 Å². The lowest BCUT2D eigenvalue weighted by Crippen LogP contribution is -2.52. The maximum Gasteiger partial charge on any atom is 0.255 e. The average Bonchev–Trinajstić information content (AvgIpc) is 3.53. The summed E-state index contributed by atoms with van der Waals surface area (Å²) in [5.41, 5.74) is 2.49. The molecule has 184 valence electrons. The molecule has 1 saturated carbocycles. The number of aliphatic hydroxyl groups excluding tert-OH is 2. The van der Waals surface area contributed by atoms with E-state index in [4.69, 9.17) is 11.6 Å². The molecule has 9 heteroatoms. The van der Waals surface area contributed by atoms with Gasteiger partial charge in [0.05, 0.1) is 17.8 Å². The molecule has 1 heterocycles. The van der Waals surface area contributed by atoms with Gasteiger partial charge in [0.2, 0.25) is 0 Å². The predicted octanol–water partition coefficient (Wildman–Crippen LogP) is 3.18. The molecule has 1 unspecified atom stereocenters. The summed E-state index contributed by atoms with van der Waals surface area (Å²) in [6.07, 6.45) is 1.33. The van der Waals surface area contributed by atoms with E-state index in [1.807, 2.05) is 49.5 Å². The molecule has 3 N–H and O–H groups in total.